The smallest absolute Gasteiger partial charge is 0.316 e. The van der Waals surface area contributed by atoms with Gasteiger partial charge in [0.15, 0.2) is 0 Å². The van der Waals surface area contributed by atoms with Gasteiger partial charge in [-0.05, 0) is 19.8 Å². The molecule has 68 valence electrons. The first-order valence-corrected chi connectivity index (χ1v) is 4.03. The second kappa shape index (κ2) is 3.13. The lowest BCUT2D eigenvalue weighted by molar-refractivity contribution is -0.154. The normalized spacial score (nSPS) is 30.5. The van der Waals surface area contributed by atoms with Gasteiger partial charge in [0.25, 0.3) is 0 Å². The molecule has 0 aromatic rings. The number of carbonyl (C=O) groups is 2. The van der Waals surface area contributed by atoms with Crippen LogP contribution < -0.4 is 0 Å². The molecular weight excluding hydrogens is 158 g/mol. The third-order valence-electron chi connectivity index (χ3n) is 2.48. The van der Waals surface area contributed by atoms with Gasteiger partial charge in [-0.25, -0.2) is 0 Å². The maximum absolute atomic E-state index is 11.3. The summed E-state index contributed by atoms with van der Waals surface area (Å²) in [7, 11) is 1.65. The molecule has 1 unspecified atom stereocenters. The Labute approximate surface area is 71.2 Å². The summed E-state index contributed by atoms with van der Waals surface area (Å²) in [4.78, 5) is 23.4. The highest BCUT2D eigenvalue weighted by molar-refractivity contribution is 5.97. The Bertz CT molecular complexity index is 214. The van der Waals surface area contributed by atoms with Crippen LogP contribution in [0.2, 0.25) is 0 Å². The van der Waals surface area contributed by atoms with Crippen molar-refractivity contribution in [3.63, 3.8) is 0 Å². The highest BCUT2D eigenvalue weighted by Crippen LogP contribution is 2.21. The molecule has 0 aromatic heterocycles. The Morgan fingerprint density at radius 1 is 1.58 bits per heavy atom. The van der Waals surface area contributed by atoms with Gasteiger partial charge in [-0.3, -0.25) is 9.59 Å². The molecule has 0 aliphatic carbocycles. The zero-order chi connectivity index (χ0) is 9.30. The Balaban J connectivity index is 2.72. The molecule has 1 amide bonds. The largest absolute Gasteiger partial charge is 0.481 e. The fourth-order valence-corrected chi connectivity index (χ4v) is 1.42. The van der Waals surface area contributed by atoms with Gasteiger partial charge < -0.3 is 10.0 Å². The van der Waals surface area contributed by atoms with Crippen LogP contribution >= 0.6 is 0 Å². The van der Waals surface area contributed by atoms with Gasteiger partial charge in [0.2, 0.25) is 5.91 Å². The van der Waals surface area contributed by atoms with E-state index in [-0.39, 0.29) is 11.9 Å². The van der Waals surface area contributed by atoms with Gasteiger partial charge in [0.1, 0.15) is 5.92 Å². The summed E-state index contributed by atoms with van der Waals surface area (Å²) in [5.74, 6) is -2.08. The van der Waals surface area contributed by atoms with Crippen LogP contribution in [0.15, 0.2) is 0 Å². The number of likely N-dealkylation sites (tertiary alicyclic amines) is 1. The number of carboxylic acid groups (broad SMARTS) is 1. The van der Waals surface area contributed by atoms with Crippen molar-refractivity contribution in [1.29, 1.82) is 0 Å². The van der Waals surface area contributed by atoms with Crippen molar-refractivity contribution in [2.24, 2.45) is 5.92 Å². The average Bonchev–Trinajstić information content (AvgIpc) is 2.00. The second-order valence-corrected chi connectivity index (χ2v) is 3.27. The molecule has 1 saturated heterocycles. The highest BCUT2D eigenvalue weighted by Gasteiger charge is 2.35. The maximum Gasteiger partial charge on any atom is 0.316 e. The molecule has 0 radical (unpaired) electrons. The number of piperidine rings is 1. The highest BCUT2D eigenvalue weighted by atomic mass is 16.4. The summed E-state index contributed by atoms with van der Waals surface area (Å²) >= 11 is 0. The predicted octanol–water partition coefficient (Wildman–Crippen LogP) is 0.328. The zero-order valence-electron chi connectivity index (χ0n) is 7.28. The van der Waals surface area contributed by atoms with Gasteiger partial charge in [0.05, 0.1) is 0 Å². The van der Waals surface area contributed by atoms with E-state index in [2.05, 4.69) is 0 Å². The van der Waals surface area contributed by atoms with Crippen molar-refractivity contribution in [1.82, 2.24) is 4.90 Å². The lowest BCUT2D eigenvalue weighted by Crippen LogP contribution is -2.46. The summed E-state index contributed by atoms with van der Waals surface area (Å²) in [6.07, 6.45) is 1.25. The molecule has 1 fully saturated rings. The number of nitrogens with zero attached hydrogens (tertiary/aromatic N) is 1. The van der Waals surface area contributed by atoms with E-state index < -0.39 is 11.9 Å². The molecule has 0 bridgehead atoms. The number of aliphatic carboxylic acids is 1. The van der Waals surface area contributed by atoms with E-state index in [0.717, 1.165) is 6.42 Å². The lowest BCUT2D eigenvalue weighted by atomic mass is 9.93. The van der Waals surface area contributed by atoms with Crippen LogP contribution in [-0.2, 0) is 9.59 Å². The number of amides is 1. The van der Waals surface area contributed by atoms with Gasteiger partial charge in [-0.15, -0.1) is 0 Å². The second-order valence-electron chi connectivity index (χ2n) is 3.27. The molecule has 1 heterocycles. The fraction of sp³-hybridized carbons (Fsp3) is 0.750. The minimum atomic E-state index is -1.00. The van der Waals surface area contributed by atoms with Gasteiger partial charge in [-0.2, -0.15) is 0 Å². The van der Waals surface area contributed by atoms with Crippen molar-refractivity contribution >= 4 is 11.9 Å². The van der Waals surface area contributed by atoms with Crippen molar-refractivity contribution < 1.29 is 14.7 Å². The van der Waals surface area contributed by atoms with Crippen LogP contribution in [0, 0.1) is 5.92 Å². The van der Waals surface area contributed by atoms with E-state index in [9.17, 15) is 9.59 Å². The van der Waals surface area contributed by atoms with Crippen molar-refractivity contribution in [3.05, 3.63) is 0 Å². The van der Waals surface area contributed by atoms with Crippen LogP contribution in [-0.4, -0.2) is 35.0 Å². The molecule has 2 atom stereocenters. The van der Waals surface area contributed by atoms with Crippen LogP contribution in [0.1, 0.15) is 19.8 Å². The third kappa shape index (κ3) is 1.42. The maximum atomic E-state index is 11.3. The van der Waals surface area contributed by atoms with Gasteiger partial charge >= 0.3 is 5.97 Å². The number of rotatable bonds is 1. The molecule has 1 N–H and O–H groups in total. The Kier molecular flexibility index (Phi) is 2.35. The van der Waals surface area contributed by atoms with E-state index in [1.165, 1.54) is 4.90 Å². The van der Waals surface area contributed by atoms with Gasteiger partial charge in [-0.1, -0.05) is 0 Å². The Hall–Kier alpha value is -1.06. The van der Waals surface area contributed by atoms with Crippen molar-refractivity contribution in [2.75, 3.05) is 7.05 Å². The van der Waals surface area contributed by atoms with E-state index in [4.69, 9.17) is 5.11 Å². The molecule has 1 rings (SSSR count). The first kappa shape index (κ1) is 9.03. The first-order chi connectivity index (χ1) is 5.54. The SMILES string of the molecule is C[C@@H]1CCC(C(=O)O)C(=O)N1C. The van der Waals surface area contributed by atoms with E-state index >= 15 is 0 Å². The zero-order valence-corrected chi connectivity index (χ0v) is 7.28. The summed E-state index contributed by atoms with van der Waals surface area (Å²) in [5, 5.41) is 8.67. The van der Waals surface area contributed by atoms with E-state index in [0.29, 0.717) is 6.42 Å². The standard InChI is InChI=1S/C8H13NO3/c1-5-3-4-6(8(11)12)7(10)9(5)2/h5-6H,3-4H2,1-2H3,(H,11,12)/t5-,6?/m1/s1. The minimum Gasteiger partial charge on any atom is -0.481 e. The molecule has 1 aliphatic heterocycles. The summed E-state index contributed by atoms with van der Waals surface area (Å²) in [6, 6.07) is 0.174. The molecule has 4 nitrogen and oxygen atoms in total. The van der Waals surface area contributed by atoms with Crippen LogP contribution in [0.4, 0.5) is 0 Å². The van der Waals surface area contributed by atoms with Gasteiger partial charge in [0, 0.05) is 13.1 Å². The summed E-state index contributed by atoms with van der Waals surface area (Å²) in [5.41, 5.74) is 0. The average molecular weight is 171 g/mol. The Morgan fingerprint density at radius 2 is 2.17 bits per heavy atom. The number of hydrogen-bond donors (Lipinski definition) is 1. The molecule has 0 aromatic carbocycles. The molecule has 4 heteroatoms. The number of carboxylic acids is 1. The van der Waals surface area contributed by atoms with Crippen LogP contribution in [0.3, 0.4) is 0 Å². The molecular formula is C8H13NO3. The quantitative estimate of drug-likeness (QED) is 0.578. The van der Waals surface area contributed by atoms with Crippen molar-refractivity contribution in [3.8, 4) is 0 Å². The summed E-state index contributed by atoms with van der Waals surface area (Å²) < 4.78 is 0. The monoisotopic (exact) mass is 171 g/mol. The number of carbonyl (C=O) groups excluding carboxylic acids is 1. The van der Waals surface area contributed by atoms with Crippen LogP contribution in [0.25, 0.3) is 0 Å². The predicted molar refractivity (Wildman–Crippen MR) is 42.6 cm³/mol. The number of hydrogen-bond acceptors (Lipinski definition) is 2. The van der Waals surface area contributed by atoms with Crippen molar-refractivity contribution in [2.45, 2.75) is 25.8 Å². The van der Waals surface area contributed by atoms with E-state index in [1.807, 2.05) is 6.92 Å². The third-order valence-corrected chi connectivity index (χ3v) is 2.48. The minimum absolute atomic E-state index is 0.174. The molecule has 0 spiro atoms. The molecule has 0 saturated carbocycles. The summed E-state index contributed by atoms with van der Waals surface area (Å²) in [6.45, 7) is 1.93. The molecule has 12 heavy (non-hydrogen) atoms. The lowest BCUT2D eigenvalue weighted by Gasteiger charge is -2.32. The fourth-order valence-electron chi connectivity index (χ4n) is 1.42. The molecule has 1 aliphatic rings. The first-order valence-electron chi connectivity index (χ1n) is 4.03. The Morgan fingerprint density at radius 3 is 2.67 bits per heavy atom. The topological polar surface area (TPSA) is 57.6 Å². The van der Waals surface area contributed by atoms with Crippen LogP contribution in [0.5, 0.6) is 0 Å². The van der Waals surface area contributed by atoms with E-state index in [1.54, 1.807) is 7.05 Å².